The van der Waals surface area contributed by atoms with Gasteiger partial charge in [0.1, 0.15) is 0 Å². The molecule has 0 N–H and O–H groups in total. The van der Waals surface area contributed by atoms with Gasteiger partial charge in [-0.2, -0.15) is 8.42 Å². The lowest BCUT2D eigenvalue weighted by Crippen LogP contribution is -2.26. The van der Waals surface area contributed by atoms with E-state index in [9.17, 15) is 8.42 Å². The van der Waals surface area contributed by atoms with Crippen molar-refractivity contribution >= 4 is 10.1 Å². The summed E-state index contributed by atoms with van der Waals surface area (Å²) in [5, 5.41) is 0. The predicted molar refractivity (Wildman–Crippen MR) is 83.0 cm³/mol. The van der Waals surface area contributed by atoms with E-state index >= 15 is 0 Å². The summed E-state index contributed by atoms with van der Waals surface area (Å²) in [6, 6.07) is 6.62. The maximum atomic E-state index is 12.1. The first kappa shape index (κ1) is 17.4. The Morgan fingerprint density at radius 3 is 2.59 bits per heavy atom. The summed E-state index contributed by atoms with van der Waals surface area (Å²) in [7, 11) is -3.70. The molecule has 0 spiro atoms. The molecule has 0 bridgehead atoms. The summed E-state index contributed by atoms with van der Waals surface area (Å²) >= 11 is 0. The Bertz CT molecular complexity index is 546. The molecule has 0 saturated carbocycles. The summed E-state index contributed by atoms with van der Waals surface area (Å²) in [6.45, 7) is 5.06. The van der Waals surface area contributed by atoms with Crippen LogP contribution in [0.25, 0.3) is 0 Å². The van der Waals surface area contributed by atoms with Crippen LogP contribution in [0, 0.1) is 12.8 Å². The molecule has 1 unspecified atom stereocenters. The van der Waals surface area contributed by atoms with E-state index in [2.05, 4.69) is 0 Å². The van der Waals surface area contributed by atoms with Gasteiger partial charge >= 0.3 is 0 Å². The molecular weight excluding hydrogens is 304 g/mol. The maximum absolute atomic E-state index is 12.1. The van der Waals surface area contributed by atoms with E-state index in [0.29, 0.717) is 6.61 Å². The van der Waals surface area contributed by atoms with Gasteiger partial charge in [0.15, 0.2) is 6.29 Å². The van der Waals surface area contributed by atoms with Gasteiger partial charge in [-0.15, -0.1) is 0 Å². The van der Waals surface area contributed by atoms with Crippen molar-refractivity contribution in [1.29, 1.82) is 0 Å². The topological polar surface area (TPSA) is 61.8 Å². The van der Waals surface area contributed by atoms with Crippen LogP contribution in [-0.2, 0) is 23.8 Å². The molecule has 1 heterocycles. The number of hydrogen-bond acceptors (Lipinski definition) is 5. The Morgan fingerprint density at radius 1 is 1.23 bits per heavy atom. The van der Waals surface area contributed by atoms with E-state index in [1.54, 1.807) is 24.3 Å². The highest BCUT2D eigenvalue weighted by Gasteiger charge is 2.19. The second-order valence-electron chi connectivity index (χ2n) is 5.79. The molecule has 1 aliphatic heterocycles. The van der Waals surface area contributed by atoms with Gasteiger partial charge in [0.25, 0.3) is 10.1 Å². The number of aryl methyl sites for hydroxylation is 1. The first-order valence-electron chi connectivity index (χ1n) is 7.67. The third kappa shape index (κ3) is 5.35. The van der Waals surface area contributed by atoms with Crippen molar-refractivity contribution in [2.75, 3.05) is 19.8 Å². The largest absolute Gasteiger partial charge is 0.353 e. The van der Waals surface area contributed by atoms with Gasteiger partial charge < -0.3 is 9.47 Å². The Labute approximate surface area is 132 Å². The molecule has 0 radical (unpaired) electrons. The highest BCUT2D eigenvalue weighted by molar-refractivity contribution is 7.86. The molecule has 1 aliphatic rings. The fourth-order valence-electron chi connectivity index (χ4n) is 2.14. The van der Waals surface area contributed by atoms with E-state index in [1.165, 1.54) is 0 Å². The van der Waals surface area contributed by atoms with Crippen LogP contribution in [0.2, 0.25) is 0 Å². The molecule has 0 aliphatic carbocycles. The van der Waals surface area contributed by atoms with Crippen molar-refractivity contribution in [1.82, 2.24) is 0 Å². The van der Waals surface area contributed by atoms with Gasteiger partial charge in [-0.1, -0.05) is 24.6 Å². The van der Waals surface area contributed by atoms with Gasteiger partial charge in [0.2, 0.25) is 0 Å². The molecule has 1 fully saturated rings. The number of benzene rings is 1. The van der Waals surface area contributed by atoms with Crippen molar-refractivity contribution in [3.05, 3.63) is 29.8 Å². The molecule has 0 aromatic heterocycles. The maximum Gasteiger partial charge on any atom is 0.296 e. The Morgan fingerprint density at radius 2 is 1.95 bits per heavy atom. The van der Waals surface area contributed by atoms with Crippen LogP contribution in [0.15, 0.2) is 29.2 Å². The minimum absolute atomic E-state index is 0.0225. The zero-order chi connectivity index (χ0) is 16.0. The predicted octanol–water partition coefficient (Wildman–Crippen LogP) is 2.88. The van der Waals surface area contributed by atoms with Crippen molar-refractivity contribution in [3.63, 3.8) is 0 Å². The lowest BCUT2D eigenvalue weighted by Gasteiger charge is -2.24. The van der Waals surface area contributed by atoms with Crippen LogP contribution in [0.1, 0.15) is 31.7 Å². The van der Waals surface area contributed by atoms with E-state index in [0.717, 1.165) is 31.4 Å². The fourth-order valence-corrected chi connectivity index (χ4v) is 3.16. The van der Waals surface area contributed by atoms with Crippen LogP contribution in [0.4, 0.5) is 0 Å². The second kappa shape index (κ2) is 8.06. The molecule has 6 heteroatoms. The van der Waals surface area contributed by atoms with E-state index in [4.69, 9.17) is 13.7 Å². The van der Waals surface area contributed by atoms with Crippen LogP contribution in [0.5, 0.6) is 0 Å². The molecule has 2 atom stereocenters. The molecule has 2 rings (SSSR count). The summed E-state index contributed by atoms with van der Waals surface area (Å²) in [5.41, 5.74) is 1.01. The molecule has 124 valence electrons. The average Bonchev–Trinajstić information content (AvgIpc) is 2.52. The van der Waals surface area contributed by atoms with Crippen molar-refractivity contribution in [2.24, 2.45) is 5.92 Å². The molecule has 22 heavy (non-hydrogen) atoms. The number of hydrogen-bond donors (Lipinski definition) is 0. The van der Waals surface area contributed by atoms with Gasteiger partial charge in [0.05, 0.1) is 18.1 Å². The lowest BCUT2D eigenvalue weighted by atomic mass is 10.2. The summed E-state index contributed by atoms with van der Waals surface area (Å²) < 4.78 is 40.3. The third-order valence-corrected chi connectivity index (χ3v) is 4.82. The molecular formula is C16H24O5S. The highest BCUT2D eigenvalue weighted by Crippen LogP contribution is 2.17. The quantitative estimate of drug-likeness (QED) is 0.720. The fraction of sp³-hybridized carbons (Fsp3) is 0.625. The second-order valence-corrected chi connectivity index (χ2v) is 7.40. The molecule has 1 aromatic carbocycles. The van der Waals surface area contributed by atoms with Gasteiger partial charge in [-0.3, -0.25) is 4.18 Å². The lowest BCUT2D eigenvalue weighted by molar-refractivity contribution is -0.169. The average molecular weight is 328 g/mol. The normalized spacial score (nSPS) is 20.7. The summed E-state index contributed by atoms with van der Waals surface area (Å²) in [6.07, 6.45) is 2.92. The van der Waals surface area contributed by atoms with Crippen molar-refractivity contribution in [3.8, 4) is 0 Å². The summed E-state index contributed by atoms with van der Waals surface area (Å²) in [4.78, 5) is 0.182. The minimum Gasteiger partial charge on any atom is -0.353 e. The first-order valence-corrected chi connectivity index (χ1v) is 9.07. The SMILES string of the molecule is Cc1ccc(S(=O)(=O)OCC(C)CO[C@@H]2CCCCO2)cc1. The molecule has 0 amide bonds. The molecule has 1 aromatic rings. The zero-order valence-corrected chi connectivity index (χ0v) is 14.0. The minimum atomic E-state index is -3.70. The Hall–Kier alpha value is -0.950. The first-order chi connectivity index (χ1) is 10.5. The van der Waals surface area contributed by atoms with Crippen LogP contribution >= 0.6 is 0 Å². The van der Waals surface area contributed by atoms with Crippen molar-refractivity contribution in [2.45, 2.75) is 44.3 Å². The van der Waals surface area contributed by atoms with E-state index in [-0.39, 0.29) is 23.7 Å². The zero-order valence-electron chi connectivity index (χ0n) is 13.2. The standard InChI is InChI=1S/C16H24O5S/c1-13-6-8-15(9-7-13)22(17,18)21-12-14(2)11-20-16-5-3-4-10-19-16/h6-9,14,16H,3-5,10-12H2,1-2H3/t14?,16-/m1/s1. The van der Waals surface area contributed by atoms with Crippen molar-refractivity contribution < 1.29 is 22.1 Å². The van der Waals surface area contributed by atoms with Crippen LogP contribution in [-0.4, -0.2) is 34.5 Å². The van der Waals surface area contributed by atoms with Gasteiger partial charge in [0, 0.05) is 12.5 Å². The Kier molecular flexibility index (Phi) is 6.37. The van der Waals surface area contributed by atoms with Crippen LogP contribution in [0.3, 0.4) is 0 Å². The van der Waals surface area contributed by atoms with Gasteiger partial charge in [-0.05, 0) is 38.3 Å². The number of rotatable bonds is 7. The monoisotopic (exact) mass is 328 g/mol. The third-order valence-electron chi connectivity index (χ3n) is 3.52. The Balaban J connectivity index is 1.77. The molecule has 5 nitrogen and oxygen atoms in total. The number of ether oxygens (including phenoxy) is 2. The van der Waals surface area contributed by atoms with E-state index in [1.807, 2.05) is 13.8 Å². The molecule has 1 saturated heterocycles. The summed E-state index contributed by atoms with van der Waals surface area (Å²) in [5.74, 6) is -0.0225. The van der Waals surface area contributed by atoms with Crippen LogP contribution < -0.4 is 0 Å². The highest BCUT2D eigenvalue weighted by atomic mass is 32.2. The van der Waals surface area contributed by atoms with E-state index < -0.39 is 10.1 Å². The smallest absolute Gasteiger partial charge is 0.296 e. The van der Waals surface area contributed by atoms with Gasteiger partial charge in [-0.25, -0.2) is 0 Å².